The fraction of sp³-hybridized carbons (Fsp3) is 0.444. The predicted octanol–water partition coefficient (Wildman–Crippen LogP) is 0.798. The molecule has 1 aliphatic carbocycles. The van der Waals surface area contributed by atoms with Gasteiger partial charge in [0.1, 0.15) is 13.2 Å². The lowest BCUT2D eigenvalue weighted by atomic mass is 10.1. The third-order valence-electron chi connectivity index (χ3n) is 1.60. The van der Waals surface area contributed by atoms with Gasteiger partial charge in [-0.3, -0.25) is 0 Å². The summed E-state index contributed by atoms with van der Waals surface area (Å²) in [5.41, 5.74) is 1.00. The summed E-state index contributed by atoms with van der Waals surface area (Å²) in [5, 5.41) is 8.35. The second kappa shape index (κ2) is 4.72. The maximum atomic E-state index is 10.5. The first kappa shape index (κ1) is 9.00. The van der Waals surface area contributed by atoms with E-state index < -0.39 is 12.6 Å². The van der Waals surface area contributed by atoms with Crippen LogP contribution in [0.2, 0.25) is 0 Å². The van der Waals surface area contributed by atoms with E-state index in [2.05, 4.69) is 0 Å². The van der Waals surface area contributed by atoms with Crippen LogP contribution in [-0.4, -0.2) is 24.3 Å². The van der Waals surface area contributed by atoms with Gasteiger partial charge in [0.05, 0.1) is 0 Å². The van der Waals surface area contributed by atoms with Gasteiger partial charge in [-0.2, -0.15) is 0 Å². The molecule has 3 heteroatoms. The SMILES string of the molecule is O=C(CO)OCC1=CCCC=C1. The first-order chi connectivity index (χ1) is 5.83. The molecule has 1 aliphatic rings. The Morgan fingerprint density at radius 2 is 2.42 bits per heavy atom. The molecule has 0 unspecified atom stereocenters. The lowest BCUT2D eigenvalue weighted by Crippen LogP contribution is -2.11. The smallest absolute Gasteiger partial charge is 0.332 e. The average Bonchev–Trinajstić information content (AvgIpc) is 2.16. The first-order valence-electron chi connectivity index (χ1n) is 3.95. The molecular weight excluding hydrogens is 156 g/mol. The Morgan fingerprint density at radius 3 is 3.00 bits per heavy atom. The highest BCUT2D eigenvalue weighted by atomic mass is 16.5. The van der Waals surface area contributed by atoms with E-state index in [1.54, 1.807) is 0 Å². The molecule has 0 aliphatic heterocycles. The summed E-state index contributed by atoms with van der Waals surface area (Å²) in [6.45, 7) is -0.271. The number of hydrogen-bond acceptors (Lipinski definition) is 3. The molecule has 3 nitrogen and oxygen atoms in total. The van der Waals surface area contributed by atoms with Crippen molar-refractivity contribution in [2.75, 3.05) is 13.2 Å². The Kier molecular flexibility index (Phi) is 3.54. The molecule has 0 saturated heterocycles. The molecular formula is C9H12O3. The monoisotopic (exact) mass is 168 g/mol. The number of hydrogen-bond donors (Lipinski definition) is 1. The molecule has 0 bridgehead atoms. The highest BCUT2D eigenvalue weighted by Gasteiger charge is 2.01. The van der Waals surface area contributed by atoms with E-state index in [0.717, 1.165) is 18.4 Å². The molecule has 0 amide bonds. The van der Waals surface area contributed by atoms with E-state index in [1.165, 1.54) is 0 Å². The molecule has 0 atom stereocenters. The minimum Gasteiger partial charge on any atom is -0.459 e. The van der Waals surface area contributed by atoms with Crippen molar-refractivity contribution < 1.29 is 14.6 Å². The highest BCUT2D eigenvalue weighted by Crippen LogP contribution is 2.09. The fourth-order valence-electron chi connectivity index (χ4n) is 0.984. The van der Waals surface area contributed by atoms with Gasteiger partial charge in [0.2, 0.25) is 0 Å². The van der Waals surface area contributed by atoms with Crippen molar-refractivity contribution in [3.05, 3.63) is 23.8 Å². The Labute approximate surface area is 71.3 Å². The summed E-state index contributed by atoms with van der Waals surface area (Å²) < 4.78 is 4.72. The van der Waals surface area contributed by atoms with Crippen LogP contribution in [0.3, 0.4) is 0 Å². The minimum atomic E-state index is -0.574. The number of carbonyl (C=O) groups is 1. The molecule has 0 heterocycles. The molecule has 0 fully saturated rings. The second-order valence-corrected chi connectivity index (χ2v) is 2.58. The minimum absolute atomic E-state index is 0.274. The number of allylic oxidation sites excluding steroid dienone is 2. The number of aliphatic hydroxyl groups excluding tert-OH is 1. The van der Waals surface area contributed by atoms with Crippen LogP contribution in [0.1, 0.15) is 12.8 Å². The van der Waals surface area contributed by atoms with Crippen molar-refractivity contribution in [3.63, 3.8) is 0 Å². The molecule has 0 aromatic carbocycles. The Hall–Kier alpha value is -1.09. The number of aliphatic hydroxyl groups is 1. The maximum Gasteiger partial charge on any atom is 0.332 e. The van der Waals surface area contributed by atoms with Crippen LogP contribution < -0.4 is 0 Å². The van der Waals surface area contributed by atoms with Crippen molar-refractivity contribution in [1.29, 1.82) is 0 Å². The van der Waals surface area contributed by atoms with E-state index in [1.807, 2.05) is 18.2 Å². The molecule has 0 saturated carbocycles. The van der Waals surface area contributed by atoms with Gasteiger partial charge in [0, 0.05) is 0 Å². The zero-order valence-electron chi connectivity index (χ0n) is 6.82. The Morgan fingerprint density at radius 1 is 1.58 bits per heavy atom. The van der Waals surface area contributed by atoms with Crippen molar-refractivity contribution in [2.45, 2.75) is 12.8 Å². The molecule has 12 heavy (non-hydrogen) atoms. The summed E-state index contributed by atoms with van der Waals surface area (Å²) in [6.07, 6.45) is 8.07. The van der Waals surface area contributed by atoms with Crippen LogP contribution in [0.5, 0.6) is 0 Å². The average molecular weight is 168 g/mol. The van der Waals surface area contributed by atoms with E-state index in [4.69, 9.17) is 9.84 Å². The molecule has 0 aromatic heterocycles. The summed E-state index contributed by atoms with van der Waals surface area (Å²) in [7, 11) is 0. The summed E-state index contributed by atoms with van der Waals surface area (Å²) in [4.78, 5) is 10.5. The summed E-state index contributed by atoms with van der Waals surface area (Å²) in [5.74, 6) is -0.574. The largest absolute Gasteiger partial charge is 0.459 e. The fourth-order valence-corrected chi connectivity index (χ4v) is 0.984. The van der Waals surface area contributed by atoms with Gasteiger partial charge in [0.25, 0.3) is 0 Å². The van der Waals surface area contributed by atoms with Gasteiger partial charge in [-0.15, -0.1) is 0 Å². The van der Waals surface area contributed by atoms with Crippen molar-refractivity contribution in [3.8, 4) is 0 Å². The first-order valence-corrected chi connectivity index (χ1v) is 3.95. The molecule has 1 rings (SSSR count). The maximum absolute atomic E-state index is 10.5. The van der Waals surface area contributed by atoms with E-state index in [0.29, 0.717) is 0 Å². The van der Waals surface area contributed by atoms with Gasteiger partial charge >= 0.3 is 5.97 Å². The van der Waals surface area contributed by atoms with Gasteiger partial charge < -0.3 is 9.84 Å². The quantitative estimate of drug-likeness (QED) is 0.634. The number of rotatable bonds is 3. The van der Waals surface area contributed by atoms with Crippen molar-refractivity contribution in [1.82, 2.24) is 0 Å². The third kappa shape index (κ3) is 2.88. The van der Waals surface area contributed by atoms with Gasteiger partial charge in [0.15, 0.2) is 0 Å². The summed E-state index contributed by atoms with van der Waals surface area (Å²) >= 11 is 0. The van der Waals surface area contributed by atoms with Crippen LogP contribution in [0, 0.1) is 0 Å². The van der Waals surface area contributed by atoms with Crippen LogP contribution in [0.25, 0.3) is 0 Å². The third-order valence-corrected chi connectivity index (χ3v) is 1.60. The Bertz CT molecular complexity index is 216. The number of esters is 1. The van der Waals surface area contributed by atoms with E-state index >= 15 is 0 Å². The van der Waals surface area contributed by atoms with Crippen LogP contribution in [0.4, 0.5) is 0 Å². The number of ether oxygens (including phenoxy) is 1. The summed E-state index contributed by atoms with van der Waals surface area (Å²) in [6, 6.07) is 0. The lowest BCUT2D eigenvalue weighted by Gasteiger charge is -2.06. The second-order valence-electron chi connectivity index (χ2n) is 2.58. The van der Waals surface area contributed by atoms with Gasteiger partial charge in [-0.1, -0.05) is 18.2 Å². The van der Waals surface area contributed by atoms with Crippen LogP contribution in [0.15, 0.2) is 23.8 Å². The van der Waals surface area contributed by atoms with Crippen LogP contribution in [-0.2, 0) is 9.53 Å². The highest BCUT2D eigenvalue weighted by molar-refractivity contribution is 5.70. The number of carbonyl (C=O) groups excluding carboxylic acids is 1. The molecule has 0 spiro atoms. The molecule has 0 aromatic rings. The van der Waals surface area contributed by atoms with Crippen molar-refractivity contribution >= 4 is 5.97 Å². The molecule has 1 N–H and O–H groups in total. The zero-order chi connectivity index (χ0) is 8.81. The normalized spacial score (nSPS) is 15.6. The van der Waals surface area contributed by atoms with Crippen LogP contribution >= 0.6 is 0 Å². The van der Waals surface area contributed by atoms with E-state index in [-0.39, 0.29) is 6.61 Å². The lowest BCUT2D eigenvalue weighted by molar-refractivity contribution is -0.145. The standard InChI is InChI=1S/C9H12O3/c10-6-9(11)12-7-8-4-2-1-3-5-8/h2,4-5,10H,1,3,6-7H2. The predicted molar refractivity (Wildman–Crippen MR) is 44.5 cm³/mol. The van der Waals surface area contributed by atoms with Crippen molar-refractivity contribution in [2.24, 2.45) is 0 Å². The van der Waals surface area contributed by atoms with Gasteiger partial charge in [-0.05, 0) is 18.4 Å². The van der Waals surface area contributed by atoms with E-state index in [9.17, 15) is 4.79 Å². The van der Waals surface area contributed by atoms with Gasteiger partial charge in [-0.25, -0.2) is 4.79 Å². The zero-order valence-corrected chi connectivity index (χ0v) is 6.82. The topological polar surface area (TPSA) is 46.5 Å². The molecule has 66 valence electrons. The Balaban J connectivity index is 2.27. The molecule has 0 radical (unpaired) electrons.